The summed E-state index contributed by atoms with van der Waals surface area (Å²) in [5, 5.41) is 14.4. The van der Waals surface area contributed by atoms with Crippen LogP contribution in [0.2, 0.25) is 0 Å². The van der Waals surface area contributed by atoms with E-state index in [0.717, 1.165) is 50.5 Å². The zero-order valence-corrected chi connectivity index (χ0v) is 25.1. The van der Waals surface area contributed by atoms with E-state index >= 15 is 0 Å². The van der Waals surface area contributed by atoms with Crippen molar-refractivity contribution in [2.45, 2.75) is 0 Å². The second-order valence-electron chi connectivity index (χ2n) is 11.3. The predicted octanol–water partition coefficient (Wildman–Crippen LogP) is 9.90. The molecule has 0 radical (unpaired) electrons. The first-order chi connectivity index (χ1) is 22.8. The molecule has 46 heavy (non-hydrogen) atoms. The Morgan fingerprint density at radius 3 is 1.89 bits per heavy atom. The second-order valence-corrected chi connectivity index (χ2v) is 11.3. The standard InChI is InChI=1S/C42H30N4/c43-28-37(42-44-38(31-12-4-1-5-13-31)27-39(45-42)32-14-6-2-7-15-32)30-22-20-29(21-23-30)33-24-25-41-36(26-33)35-18-10-11-19-40(35)46(41)34-16-8-3-9-17-34/h1-28,43-44H/b42-37-,43-28?. The van der Waals surface area contributed by atoms with Crippen molar-refractivity contribution >= 4 is 45.0 Å². The van der Waals surface area contributed by atoms with Gasteiger partial charge < -0.3 is 15.3 Å². The number of para-hydroxylation sites is 2. The van der Waals surface area contributed by atoms with Crippen LogP contribution in [-0.4, -0.2) is 16.5 Å². The summed E-state index contributed by atoms with van der Waals surface area (Å²) < 4.78 is 2.33. The molecule has 0 bridgehead atoms. The number of allylic oxidation sites excluding steroid dienone is 2. The van der Waals surface area contributed by atoms with Gasteiger partial charge in [-0.15, -0.1) is 0 Å². The molecule has 0 spiro atoms. The lowest BCUT2D eigenvalue weighted by Gasteiger charge is -2.20. The molecular formula is C42H30N4. The van der Waals surface area contributed by atoms with Gasteiger partial charge in [0.15, 0.2) is 0 Å². The zero-order chi connectivity index (χ0) is 30.9. The van der Waals surface area contributed by atoms with Gasteiger partial charge in [0.25, 0.3) is 0 Å². The largest absolute Gasteiger partial charge is 0.339 e. The quantitative estimate of drug-likeness (QED) is 0.186. The Labute approximate surface area is 267 Å². The third kappa shape index (κ3) is 4.92. The fraction of sp³-hybridized carbons (Fsp3) is 0. The molecule has 0 unspecified atom stereocenters. The van der Waals surface area contributed by atoms with E-state index in [1.165, 1.54) is 28.0 Å². The Morgan fingerprint density at radius 2 is 1.17 bits per heavy atom. The maximum atomic E-state index is 8.42. The molecule has 0 atom stereocenters. The SMILES string of the molecule is N=C/C(=C1/N=C(c2ccccc2)C=C(c2ccccc2)N1)c1ccc(-c2ccc3c(c2)c2ccccc2n3-c2ccccc2)cc1. The number of nitrogens with one attached hydrogen (secondary N) is 2. The molecule has 6 aromatic carbocycles. The number of aliphatic imine (C=N–C) groups is 1. The molecule has 2 N–H and O–H groups in total. The van der Waals surface area contributed by atoms with E-state index in [0.29, 0.717) is 5.82 Å². The van der Waals surface area contributed by atoms with Crippen LogP contribution in [0.15, 0.2) is 175 Å². The molecule has 8 rings (SSSR count). The third-order valence-corrected chi connectivity index (χ3v) is 8.54. The first kappa shape index (κ1) is 27.3. The topological polar surface area (TPSA) is 53.2 Å². The summed E-state index contributed by atoms with van der Waals surface area (Å²) in [5.41, 5.74) is 11.3. The van der Waals surface area contributed by atoms with Crippen molar-refractivity contribution < 1.29 is 0 Å². The van der Waals surface area contributed by atoms with E-state index in [1.54, 1.807) is 0 Å². The fourth-order valence-corrected chi connectivity index (χ4v) is 6.28. The Morgan fingerprint density at radius 1 is 0.565 bits per heavy atom. The van der Waals surface area contributed by atoms with Gasteiger partial charge in [0.2, 0.25) is 0 Å². The number of fused-ring (bicyclic) bond motifs is 3. The fourth-order valence-electron chi connectivity index (χ4n) is 6.28. The number of nitrogens with zero attached hydrogens (tertiary/aromatic N) is 2. The number of benzene rings is 6. The molecular weight excluding hydrogens is 560 g/mol. The smallest absolute Gasteiger partial charge is 0.140 e. The maximum absolute atomic E-state index is 8.42. The lowest BCUT2D eigenvalue weighted by Crippen LogP contribution is -2.20. The van der Waals surface area contributed by atoms with E-state index in [-0.39, 0.29) is 0 Å². The number of hydrogen-bond donors (Lipinski definition) is 2. The van der Waals surface area contributed by atoms with Crippen molar-refractivity contribution in [2.24, 2.45) is 4.99 Å². The Balaban J connectivity index is 1.19. The average molecular weight is 591 g/mol. The van der Waals surface area contributed by atoms with Crippen LogP contribution in [0.5, 0.6) is 0 Å². The number of aromatic nitrogens is 1. The predicted molar refractivity (Wildman–Crippen MR) is 192 cm³/mol. The van der Waals surface area contributed by atoms with Gasteiger partial charge in [-0.25, -0.2) is 4.99 Å². The van der Waals surface area contributed by atoms with Gasteiger partial charge >= 0.3 is 0 Å². The molecule has 1 aliphatic heterocycles. The van der Waals surface area contributed by atoms with Crippen molar-refractivity contribution in [1.82, 2.24) is 9.88 Å². The van der Waals surface area contributed by atoms with Gasteiger partial charge in [0, 0.05) is 39.5 Å². The summed E-state index contributed by atoms with van der Waals surface area (Å²) in [4.78, 5) is 5.00. The van der Waals surface area contributed by atoms with Gasteiger partial charge in [0.1, 0.15) is 5.82 Å². The summed E-state index contributed by atoms with van der Waals surface area (Å²) in [6, 6.07) is 54.7. The highest BCUT2D eigenvalue weighted by Gasteiger charge is 2.18. The van der Waals surface area contributed by atoms with Crippen molar-refractivity contribution in [3.05, 3.63) is 186 Å². The average Bonchev–Trinajstić information content (AvgIpc) is 3.47. The van der Waals surface area contributed by atoms with E-state index in [2.05, 4.69) is 137 Å². The van der Waals surface area contributed by atoms with E-state index in [1.807, 2.05) is 36.4 Å². The molecule has 4 heteroatoms. The molecule has 0 fully saturated rings. The van der Waals surface area contributed by atoms with Gasteiger partial charge in [-0.05, 0) is 58.7 Å². The summed E-state index contributed by atoms with van der Waals surface area (Å²) in [6.07, 6.45) is 3.46. The number of rotatable bonds is 6. The molecule has 0 saturated carbocycles. The summed E-state index contributed by atoms with van der Waals surface area (Å²) in [6.45, 7) is 0. The van der Waals surface area contributed by atoms with Crippen molar-refractivity contribution in [2.75, 3.05) is 0 Å². The van der Waals surface area contributed by atoms with Crippen LogP contribution in [0.25, 0.3) is 49.9 Å². The molecule has 7 aromatic rings. The van der Waals surface area contributed by atoms with Crippen LogP contribution in [-0.2, 0) is 0 Å². The Bertz CT molecular complexity index is 2310. The highest BCUT2D eigenvalue weighted by molar-refractivity contribution is 6.17. The van der Waals surface area contributed by atoms with E-state index in [9.17, 15) is 0 Å². The van der Waals surface area contributed by atoms with Crippen LogP contribution in [0.4, 0.5) is 0 Å². The van der Waals surface area contributed by atoms with Gasteiger partial charge in [-0.2, -0.15) is 0 Å². The minimum Gasteiger partial charge on any atom is -0.339 e. The Hall–Kier alpha value is -6.26. The minimum atomic E-state index is 0.651. The van der Waals surface area contributed by atoms with Crippen LogP contribution >= 0.6 is 0 Å². The summed E-state index contributed by atoms with van der Waals surface area (Å²) in [7, 11) is 0. The minimum absolute atomic E-state index is 0.651. The van der Waals surface area contributed by atoms with Crippen molar-refractivity contribution in [3.63, 3.8) is 0 Å². The second kappa shape index (κ2) is 11.7. The highest BCUT2D eigenvalue weighted by atomic mass is 15.1. The van der Waals surface area contributed by atoms with E-state index < -0.39 is 0 Å². The summed E-state index contributed by atoms with van der Waals surface area (Å²) >= 11 is 0. The van der Waals surface area contributed by atoms with Crippen LogP contribution in [0.1, 0.15) is 16.7 Å². The molecule has 0 aliphatic carbocycles. The van der Waals surface area contributed by atoms with Crippen LogP contribution in [0.3, 0.4) is 0 Å². The van der Waals surface area contributed by atoms with Crippen molar-refractivity contribution in [3.8, 4) is 16.8 Å². The molecule has 4 nitrogen and oxygen atoms in total. The van der Waals surface area contributed by atoms with Gasteiger partial charge in [-0.3, -0.25) is 0 Å². The lowest BCUT2D eigenvalue weighted by molar-refractivity contribution is 1.04. The third-order valence-electron chi connectivity index (χ3n) is 8.54. The monoisotopic (exact) mass is 590 g/mol. The van der Waals surface area contributed by atoms with Gasteiger partial charge in [0.05, 0.1) is 16.7 Å². The normalized spacial score (nSPS) is 14.0. The molecule has 2 heterocycles. The highest BCUT2D eigenvalue weighted by Crippen LogP contribution is 2.35. The molecule has 218 valence electrons. The van der Waals surface area contributed by atoms with Crippen LogP contribution < -0.4 is 5.32 Å². The molecule has 1 aromatic heterocycles. The number of hydrogen-bond acceptors (Lipinski definition) is 3. The molecule has 1 aliphatic rings. The summed E-state index contributed by atoms with van der Waals surface area (Å²) in [5.74, 6) is 0.651. The van der Waals surface area contributed by atoms with Crippen molar-refractivity contribution in [1.29, 1.82) is 5.41 Å². The van der Waals surface area contributed by atoms with Gasteiger partial charge in [-0.1, -0.05) is 127 Å². The first-order valence-corrected chi connectivity index (χ1v) is 15.4. The lowest BCUT2D eigenvalue weighted by atomic mass is 9.98. The first-order valence-electron chi connectivity index (χ1n) is 15.4. The molecule has 0 saturated heterocycles. The Kier molecular flexibility index (Phi) is 6.93. The van der Waals surface area contributed by atoms with E-state index in [4.69, 9.17) is 10.4 Å². The van der Waals surface area contributed by atoms with Crippen LogP contribution in [0, 0.1) is 5.41 Å². The maximum Gasteiger partial charge on any atom is 0.140 e. The molecule has 0 amide bonds. The zero-order valence-electron chi connectivity index (χ0n) is 25.1.